The summed E-state index contributed by atoms with van der Waals surface area (Å²) in [5.74, 6) is 1.63. The van der Waals surface area contributed by atoms with E-state index < -0.39 is 0 Å². The number of amidine groups is 1. The topological polar surface area (TPSA) is 62.8 Å². The van der Waals surface area contributed by atoms with Gasteiger partial charge in [0.15, 0.2) is 0 Å². The number of hydrogen-bond acceptors (Lipinski definition) is 3. The molecule has 0 aliphatic heterocycles. The number of pyridine rings is 1. The second-order valence-corrected chi connectivity index (χ2v) is 5.38. The van der Waals surface area contributed by atoms with Crippen LogP contribution in [0.25, 0.3) is 0 Å². The molecule has 0 aromatic carbocycles. The van der Waals surface area contributed by atoms with Crippen LogP contribution >= 0.6 is 23.4 Å². The van der Waals surface area contributed by atoms with Gasteiger partial charge in [0.1, 0.15) is 10.9 Å². The molecule has 1 aromatic heterocycles. The predicted octanol–water partition coefficient (Wildman–Crippen LogP) is 3.16. The van der Waals surface area contributed by atoms with Gasteiger partial charge in [-0.05, 0) is 24.2 Å². The Kier molecular flexibility index (Phi) is 5.09. The quantitative estimate of drug-likeness (QED) is 0.484. The van der Waals surface area contributed by atoms with E-state index in [1.807, 2.05) is 0 Å². The molecule has 1 aromatic rings. The first kappa shape index (κ1) is 13.3. The Bertz CT molecular complexity index is 379. The SMILES string of the molecule is CC(C)CCSc1nccc(C(=N)N)c1Cl. The van der Waals surface area contributed by atoms with Crippen molar-refractivity contribution in [3.63, 3.8) is 0 Å². The maximum atomic E-state index is 7.37. The summed E-state index contributed by atoms with van der Waals surface area (Å²) in [6, 6.07) is 1.66. The molecular weight excluding hydrogens is 242 g/mol. The van der Waals surface area contributed by atoms with E-state index in [-0.39, 0.29) is 5.84 Å². The summed E-state index contributed by atoms with van der Waals surface area (Å²) >= 11 is 7.73. The van der Waals surface area contributed by atoms with Crippen LogP contribution in [0.3, 0.4) is 0 Å². The van der Waals surface area contributed by atoms with E-state index in [2.05, 4.69) is 18.8 Å². The second kappa shape index (κ2) is 6.11. The van der Waals surface area contributed by atoms with Crippen LogP contribution in [0.5, 0.6) is 0 Å². The van der Waals surface area contributed by atoms with Crippen LogP contribution in [0.1, 0.15) is 25.8 Å². The highest BCUT2D eigenvalue weighted by Gasteiger charge is 2.10. The third-order valence-electron chi connectivity index (χ3n) is 2.08. The number of nitrogens with zero attached hydrogens (tertiary/aromatic N) is 1. The average molecular weight is 258 g/mol. The first-order chi connectivity index (χ1) is 7.52. The van der Waals surface area contributed by atoms with Crippen molar-refractivity contribution in [1.29, 1.82) is 5.41 Å². The summed E-state index contributed by atoms with van der Waals surface area (Å²) in [6.07, 6.45) is 2.76. The summed E-state index contributed by atoms with van der Waals surface area (Å²) in [5, 5.41) is 8.62. The van der Waals surface area contributed by atoms with Gasteiger partial charge in [-0.15, -0.1) is 11.8 Å². The van der Waals surface area contributed by atoms with E-state index in [1.54, 1.807) is 24.0 Å². The minimum atomic E-state index is -0.0156. The maximum Gasteiger partial charge on any atom is 0.124 e. The van der Waals surface area contributed by atoms with Gasteiger partial charge in [0.05, 0.1) is 5.02 Å². The van der Waals surface area contributed by atoms with Gasteiger partial charge < -0.3 is 5.73 Å². The number of hydrogen-bond donors (Lipinski definition) is 2. The van der Waals surface area contributed by atoms with Crippen molar-refractivity contribution in [3.8, 4) is 0 Å². The lowest BCUT2D eigenvalue weighted by atomic mass is 10.2. The van der Waals surface area contributed by atoms with Gasteiger partial charge in [0.2, 0.25) is 0 Å². The van der Waals surface area contributed by atoms with Crippen molar-refractivity contribution in [2.45, 2.75) is 25.3 Å². The van der Waals surface area contributed by atoms with Crippen LogP contribution in [-0.4, -0.2) is 16.6 Å². The van der Waals surface area contributed by atoms with Crippen molar-refractivity contribution < 1.29 is 0 Å². The van der Waals surface area contributed by atoms with E-state index in [4.69, 9.17) is 22.7 Å². The van der Waals surface area contributed by atoms with Crippen molar-refractivity contribution in [2.24, 2.45) is 11.7 Å². The van der Waals surface area contributed by atoms with Gasteiger partial charge in [-0.25, -0.2) is 4.98 Å². The molecule has 0 atom stereocenters. The molecule has 3 nitrogen and oxygen atoms in total. The Hall–Kier alpha value is -0.740. The summed E-state index contributed by atoms with van der Waals surface area (Å²) < 4.78 is 0. The summed E-state index contributed by atoms with van der Waals surface area (Å²) in [7, 11) is 0. The number of halogens is 1. The molecule has 5 heteroatoms. The molecule has 0 unspecified atom stereocenters. The minimum Gasteiger partial charge on any atom is -0.384 e. The largest absolute Gasteiger partial charge is 0.384 e. The van der Waals surface area contributed by atoms with Gasteiger partial charge >= 0.3 is 0 Å². The number of nitrogens with one attached hydrogen (secondary N) is 1. The van der Waals surface area contributed by atoms with Gasteiger partial charge in [-0.3, -0.25) is 5.41 Å². The van der Waals surface area contributed by atoms with Crippen LogP contribution < -0.4 is 5.73 Å². The summed E-state index contributed by atoms with van der Waals surface area (Å²) in [5.41, 5.74) is 5.98. The summed E-state index contributed by atoms with van der Waals surface area (Å²) in [4.78, 5) is 4.20. The Morgan fingerprint density at radius 3 is 2.88 bits per heavy atom. The number of rotatable bonds is 5. The normalized spacial score (nSPS) is 10.8. The van der Waals surface area contributed by atoms with Crippen molar-refractivity contribution in [2.75, 3.05) is 5.75 Å². The first-order valence-corrected chi connectivity index (χ1v) is 6.50. The Labute approximate surface area is 105 Å². The third kappa shape index (κ3) is 3.68. The highest BCUT2D eigenvalue weighted by molar-refractivity contribution is 7.99. The van der Waals surface area contributed by atoms with Gasteiger partial charge in [-0.2, -0.15) is 0 Å². The molecule has 0 amide bonds. The Morgan fingerprint density at radius 1 is 1.62 bits per heavy atom. The van der Waals surface area contributed by atoms with Crippen molar-refractivity contribution in [1.82, 2.24) is 4.98 Å². The fourth-order valence-electron chi connectivity index (χ4n) is 1.12. The van der Waals surface area contributed by atoms with Crippen LogP contribution in [0.15, 0.2) is 17.3 Å². The number of aromatic nitrogens is 1. The molecule has 88 valence electrons. The maximum absolute atomic E-state index is 7.37. The Morgan fingerprint density at radius 2 is 2.31 bits per heavy atom. The summed E-state index contributed by atoms with van der Waals surface area (Å²) in [6.45, 7) is 4.36. The molecule has 0 saturated heterocycles. The molecule has 1 heterocycles. The second-order valence-electron chi connectivity index (χ2n) is 3.92. The third-order valence-corrected chi connectivity index (χ3v) is 3.60. The molecule has 3 N–H and O–H groups in total. The minimum absolute atomic E-state index is 0.0156. The lowest BCUT2D eigenvalue weighted by Gasteiger charge is -2.08. The highest BCUT2D eigenvalue weighted by Crippen LogP contribution is 2.28. The van der Waals surface area contributed by atoms with Gasteiger partial charge in [0.25, 0.3) is 0 Å². The molecule has 0 radical (unpaired) electrons. The molecule has 0 aliphatic rings. The number of nitrogens with two attached hydrogens (primary N) is 1. The van der Waals surface area contributed by atoms with Crippen LogP contribution in [0, 0.1) is 11.3 Å². The Balaban J connectivity index is 2.73. The van der Waals surface area contributed by atoms with E-state index in [1.165, 1.54) is 0 Å². The van der Waals surface area contributed by atoms with Gasteiger partial charge in [0, 0.05) is 11.8 Å². The molecule has 1 rings (SSSR count). The average Bonchev–Trinajstić information content (AvgIpc) is 2.19. The molecular formula is C11H16ClN3S. The van der Waals surface area contributed by atoms with Crippen LogP contribution in [0.2, 0.25) is 5.02 Å². The standard InChI is InChI=1S/C11H16ClN3S/c1-7(2)4-6-16-11-9(12)8(10(13)14)3-5-15-11/h3,5,7H,4,6H2,1-2H3,(H3,13,14). The van der Waals surface area contributed by atoms with Crippen molar-refractivity contribution in [3.05, 3.63) is 22.8 Å². The van der Waals surface area contributed by atoms with Crippen LogP contribution in [0.4, 0.5) is 0 Å². The molecule has 0 fully saturated rings. The van der Waals surface area contributed by atoms with Crippen LogP contribution in [-0.2, 0) is 0 Å². The van der Waals surface area contributed by atoms with Crippen molar-refractivity contribution >= 4 is 29.2 Å². The lowest BCUT2D eigenvalue weighted by molar-refractivity contribution is 0.632. The van der Waals surface area contributed by atoms with Gasteiger partial charge in [-0.1, -0.05) is 25.4 Å². The fourth-order valence-corrected chi connectivity index (χ4v) is 2.66. The van der Waals surface area contributed by atoms with E-state index >= 15 is 0 Å². The molecule has 0 saturated carbocycles. The predicted molar refractivity (Wildman–Crippen MR) is 70.4 cm³/mol. The molecule has 0 bridgehead atoms. The smallest absolute Gasteiger partial charge is 0.124 e. The number of nitrogen functional groups attached to an aromatic ring is 1. The van der Waals surface area contributed by atoms with E-state index in [9.17, 15) is 0 Å². The van der Waals surface area contributed by atoms with E-state index in [0.717, 1.165) is 17.2 Å². The molecule has 0 aliphatic carbocycles. The zero-order valence-electron chi connectivity index (χ0n) is 9.46. The lowest BCUT2D eigenvalue weighted by Crippen LogP contribution is -2.12. The molecule has 0 spiro atoms. The molecule has 16 heavy (non-hydrogen) atoms. The monoisotopic (exact) mass is 257 g/mol. The fraction of sp³-hybridized carbons (Fsp3) is 0.455. The number of thioether (sulfide) groups is 1. The zero-order chi connectivity index (χ0) is 12.1. The highest BCUT2D eigenvalue weighted by atomic mass is 35.5. The van der Waals surface area contributed by atoms with E-state index in [0.29, 0.717) is 16.5 Å². The zero-order valence-corrected chi connectivity index (χ0v) is 11.0. The first-order valence-electron chi connectivity index (χ1n) is 5.14.